The van der Waals surface area contributed by atoms with Crippen LogP contribution in [-0.2, 0) is 16.1 Å². The van der Waals surface area contributed by atoms with E-state index in [-0.39, 0.29) is 49.0 Å². The first-order valence-corrected chi connectivity index (χ1v) is 12.3. The molecule has 3 atom stereocenters. The van der Waals surface area contributed by atoms with Gasteiger partial charge in [-0.15, -0.1) is 5.10 Å². The van der Waals surface area contributed by atoms with Crippen LogP contribution in [-0.4, -0.2) is 103 Å². The summed E-state index contributed by atoms with van der Waals surface area (Å²) in [5, 5.41) is 21.0. The first kappa shape index (κ1) is 22.8. The zero-order valence-electron chi connectivity index (χ0n) is 19.7. The number of aliphatic hydroxyl groups is 1. The van der Waals surface area contributed by atoms with Gasteiger partial charge in [-0.1, -0.05) is 5.21 Å². The van der Waals surface area contributed by atoms with Gasteiger partial charge in [-0.3, -0.25) is 29.4 Å². The van der Waals surface area contributed by atoms with Crippen LogP contribution in [0.25, 0.3) is 5.69 Å². The number of fused-ring (bicyclic) bond motifs is 1. The SMILES string of the molecule is O=C1CCC(N2Cc3cc(-n4cc(C(=O)N5C[C@@H](O)[C@H](N6CCCC6)C5)nn4)ccc3C2=O)C(=O)N1. The first-order valence-electron chi connectivity index (χ1n) is 12.3. The Morgan fingerprint density at radius 1 is 1.11 bits per heavy atom. The summed E-state index contributed by atoms with van der Waals surface area (Å²) in [4.78, 5) is 55.1. The van der Waals surface area contributed by atoms with Crippen molar-refractivity contribution in [3.8, 4) is 5.69 Å². The Bertz CT molecular complexity index is 1250. The average molecular weight is 494 g/mol. The molecule has 1 aromatic carbocycles. The highest BCUT2D eigenvalue weighted by Crippen LogP contribution is 2.29. The van der Waals surface area contributed by atoms with Crippen LogP contribution in [0.5, 0.6) is 0 Å². The molecule has 0 radical (unpaired) electrons. The molecule has 0 spiro atoms. The van der Waals surface area contributed by atoms with Gasteiger partial charge in [0.2, 0.25) is 11.8 Å². The van der Waals surface area contributed by atoms with E-state index in [0.29, 0.717) is 24.2 Å². The van der Waals surface area contributed by atoms with Gasteiger partial charge >= 0.3 is 0 Å². The summed E-state index contributed by atoms with van der Waals surface area (Å²) >= 11 is 0. The third kappa shape index (κ3) is 3.86. The molecule has 12 heteroatoms. The Morgan fingerprint density at radius 3 is 2.69 bits per heavy atom. The molecular weight excluding hydrogens is 466 g/mol. The molecule has 3 saturated heterocycles. The van der Waals surface area contributed by atoms with Crippen LogP contribution in [0.15, 0.2) is 24.4 Å². The largest absolute Gasteiger partial charge is 0.390 e. The zero-order valence-corrected chi connectivity index (χ0v) is 19.7. The smallest absolute Gasteiger partial charge is 0.276 e. The molecule has 4 amide bonds. The van der Waals surface area contributed by atoms with Gasteiger partial charge in [-0.05, 0) is 56.1 Å². The summed E-state index contributed by atoms with van der Waals surface area (Å²) in [6.07, 6.45) is 3.70. The monoisotopic (exact) mass is 493 g/mol. The first-order chi connectivity index (χ1) is 17.4. The third-order valence-corrected chi connectivity index (χ3v) is 7.64. The van der Waals surface area contributed by atoms with Crippen LogP contribution in [0.3, 0.4) is 0 Å². The molecule has 36 heavy (non-hydrogen) atoms. The molecule has 4 aliphatic heterocycles. The number of likely N-dealkylation sites (tertiary alicyclic amines) is 2. The van der Waals surface area contributed by atoms with Crippen molar-refractivity contribution >= 4 is 23.6 Å². The van der Waals surface area contributed by atoms with E-state index >= 15 is 0 Å². The van der Waals surface area contributed by atoms with Crippen LogP contribution in [0, 0.1) is 0 Å². The van der Waals surface area contributed by atoms with Gasteiger partial charge in [0, 0.05) is 31.6 Å². The number of imide groups is 1. The molecule has 0 bridgehead atoms. The van der Waals surface area contributed by atoms with E-state index < -0.39 is 18.1 Å². The second kappa shape index (κ2) is 8.79. The van der Waals surface area contributed by atoms with Crippen molar-refractivity contribution in [2.75, 3.05) is 26.2 Å². The van der Waals surface area contributed by atoms with Crippen LogP contribution < -0.4 is 5.32 Å². The molecule has 0 saturated carbocycles. The lowest BCUT2D eigenvalue weighted by Gasteiger charge is -2.29. The number of nitrogens with zero attached hydrogens (tertiary/aromatic N) is 6. The number of piperidine rings is 1. The molecule has 5 heterocycles. The van der Waals surface area contributed by atoms with Crippen molar-refractivity contribution < 1.29 is 24.3 Å². The van der Waals surface area contributed by atoms with Crippen molar-refractivity contribution in [2.24, 2.45) is 0 Å². The molecule has 1 aromatic heterocycles. The fourth-order valence-electron chi connectivity index (χ4n) is 5.72. The minimum Gasteiger partial charge on any atom is -0.390 e. The highest BCUT2D eigenvalue weighted by Gasteiger charge is 2.40. The van der Waals surface area contributed by atoms with Gasteiger partial charge in [0.15, 0.2) is 5.69 Å². The minimum absolute atomic E-state index is 0.0481. The second-order valence-electron chi connectivity index (χ2n) is 9.88. The molecule has 6 rings (SSSR count). The number of benzene rings is 1. The molecule has 4 aliphatic rings. The van der Waals surface area contributed by atoms with Gasteiger partial charge in [-0.25, -0.2) is 4.68 Å². The summed E-state index contributed by atoms with van der Waals surface area (Å²) < 4.78 is 1.48. The maximum Gasteiger partial charge on any atom is 0.276 e. The normalized spacial score (nSPS) is 26.6. The number of aliphatic hydroxyl groups excluding tert-OH is 1. The summed E-state index contributed by atoms with van der Waals surface area (Å²) in [6, 6.07) is 4.47. The molecule has 188 valence electrons. The Balaban J connectivity index is 1.16. The third-order valence-electron chi connectivity index (χ3n) is 7.64. The highest BCUT2D eigenvalue weighted by atomic mass is 16.3. The van der Waals surface area contributed by atoms with Crippen molar-refractivity contribution in [1.82, 2.24) is 35.0 Å². The number of β-amino-alcohol motifs (C(OH)–C–C–N with tert-alkyl or cyclic N) is 1. The van der Waals surface area contributed by atoms with Crippen molar-refractivity contribution in [2.45, 2.75) is 50.4 Å². The van der Waals surface area contributed by atoms with Crippen molar-refractivity contribution in [1.29, 1.82) is 0 Å². The van der Waals surface area contributed by atoms with E-state index in [1.165, 1.54) is 9.58 Å². The van der Waals surface area contributed by atoms with Crippen LogP contribution in [0.2, 0.25) is 0 Å². The van der Waals surface area contributed by atoms with E-state index in [9.17, 15) is 24.3 Å². The number of carbonyl (C=O) groups excluding carboxylic acids is 4. The maximum absolute atomic E-state index is 13.1. The lowest BCUT2D eigenvalue weighted by Crippen LogP contribution is -2.52. The average Bonchev–Trinajstić information content (AvgIpc) is 3.66. The van der Waals surface area contributed by atoms with Gasteiger partial charge in [0.1, 0.15) is 6.04 Å². The van der Waals surface area contributed by atoms with E-state index in [0.717, 1.165) is 31.5 Å². The number of rotatable bonds is 4. The molecule has 3 fully saturated rings. The molecule has 1 unspecified atom stereocenters. The van der Waals surface area contributed by atoms with Crippen LogP contribution in [0.1, 0.15) is 52.1 Å². The molecule has 2 aromatic rings. The van der Waals surface area contributed by atoms with E-state index in [1.54, 1.807) is 29.3 Å². The fraction of sp³-hybridized carbons (Fsp3) is 0.500. The Labute approximate surface area is 206 Å². The van der Waals surface area contributed by atoms with Crippen LogP contribution >= 0.6 is 0 Å². The summed E-state index contributed by atoms with van der Waals surface area (Å²) in [5.41, 5.74) is 2.06. The molecule has 0 aliphatic carbocycles. The lowest BCUT2D eigenvalue weighted by atomic mass is 10.0. The van der Waals surface area contributed by atoms with Gasteiger partial charge in [0.05, 0.1) is 24.0 Å². The number of hydrogen-bond acceptors (Lipinski definition) is 8. The second-order valence-corrected chi connectivity index (χ2v) is 9.88. The zero-order chi connectivity index (χ0) is 25.0. The molecular formula is C24H27N7O5. The Morgan fingerprint density at radius 2 is 1.92 bits per heavy atom. The number of nitrogens with one attached hydrogen (secondary N) is 1. The standard InChI is InChI=1S/C24H27N7O5/c32-20-13-29(12-19(20)28-7-1-2-8-28)24(36)17-11-31(27-26-17)15-3-4-16-14(9-15)10-30(23(16)35)18-5-6-21(33)25-22(18)34/h3-4,9,11,18-20,32H,1-2,5-8,10,12-13H2,(H,25,33,34)/t18?,19-,20-/m1/s1. The Kier molecular flexibility index (Phi) is 5.56. The van der Waals surface area contributed by atoms with Gasteiger partial charge < -0.3 is 14.9 Å². The highest BCUT2D eigenvalue weighted by molar-refractivity contribution is 6.05. The van der Waals surface area contributed by atoms with Crippen LogP contribution in [0.4, 0.5) is 0 Å². The Hall–Kier alpha value is -3.64. The predicted molar refractivity (Wildman–Crippen MR) is 124 cm³/mol. The fourth-order valence-corrected chi connectivity index (χ4v) is 5.72. The van der Waals surface area contributed by atoms with Gasteiger partial charge in [0.25, 0.3) is 11.8 Å². The topological polar surface area (TPSA) is 141 Å². The summed E-state index contributed by atoms with van der Waals surface area (Å²) in [7, 11) is 0. The van der Waals surface area contributed by atoms with Gasteiger partial charge in [-0.2, -0.15) is 0 Å². The summed E-state index contributed by atoms with van der Waals surface area (Å²) in [6.45, 7) is 2.87. The number of carbonyl (C=O) groups is 4. The number of hydrogen-bond donors (Lipinski definition) is 2. The van der Waals surface area contributed by atoms with Crippen molar-refractivity contribution in [3.05, 3.63) is 41.2 Å². The quantitative estimate of drug-likeness (QED) is 0.534. The van der Waals surface area contributed by atoms with E-state index in [2.05, 4.69) is 20.5 Å². The number of aromatic nitrogens is 3. The maximum atomic E-state index is 13.1. The van der Waals surface area contributed by atoms with E-state index in [4.69, 9.17) is 0 Å². The lowest BCUT2D eigenvalue weighted by molar-refractivity contribution is -0.136. The summed E-state index contributed by atoms with van der Waals surface area (Å²) in [5.74, 6) is -1.30. The molecule has 12 nitrogen and oxygen atoms in total. The number of amides is 4. The molecule has 2 N–H and O–H groups in total. The van der Waals surface area contributed by atoms with Crippen molar-refractivity contribution in [3.63, 3.8) is 0 Å². The minimum atomic E-state index is -0.679. The predicted octanol–water partition coefficient (Wildman–Crippen LogP) is -0.691. The van der Waals surface area contributed by atoms with E-state index in [1.807, 2.05) is 0 Å².